The number of hydrogen-bond acceptors (Lipinski definition) is 8. The van der Waals surface area contributed by atoms with Gasteiger partial charge in [-0.2, -0.15) is 0 Å². The van der Waals surface area contributed by atoms with Gasteiger partial charge in [0.15, 0.2) is 0 Å². The third-order valence-electron chi connectivity index (χ3n) is 38.2. The summed E-state index contributed by atoms with van der Waals surface area (Å²) in [6, 6.07) is 9.09. The summed E-state index contributed by atoms with van der Waals surface area (Å²) in [6.45, 7) is 0. The molecular formula is C92H154N8. The van der Waals surface area contributed by atoms with Crippen LogP contribution in [0.25, 0.3) is 0 Å². The van der Waals surface area contributed by atoms with Gasteiger partial charge in [-0.25, -0.2) is 0 Å². The Morgan fingerprint density at radius 1 is 0.160 bits per heavy atom. The van der Waals surface area contributed by atoms with Crippen LogP contribution in [0.15, 0.2) is 0 Å². The molecule has 100 heavy (non-hydrogen) atoms. The zero-order chi connectivity index (χ0) is 65.8. The first-order valence-corrected chi connectivity index (χ1v) is 47.7. The van der Waals surface area contributed by atoms with Gasteiger partial charge in [-0.05, 0) is 325 Å². The molecule has 0 radical (unpaired) electrons. The molecule has 20 fully saturated rings. The summed E-state index contributed by atoms with van der Waals surface area (Å²) in [5, 5.41) is 19.5. The first-order valence-electron chi connectivity index (χ1n) is 47.7. The largest absolute Gasteiger partial charge is 0.299 e. The highest BCUT2D eigenvalue weighted by Gasteiger charge is 2.66. The van der Waals surface area contributed by atoms with Crippen molar-refractivity contribution in [3.05, 3.63) is 0 Å². The van der Waals surface area contributed by atoms with Crippen molar-refractivity contribution in [3.63, 3.8) is 0 Å². The lowest BCUT2D eigenvalue weighted by molar-refractivity contribution is -0.204. The summed E-state index contributed by atoms with van der Waals surface area (Å²) in [5.41, 5.74) is 0. The van der Waals surface area contributed by atoms with Gasteiger partial charge < -0.3 is 0 Å². The van der Waals surface area contributed by atoms with E-state index in [-0.39, 0.29) is 0 Å². The van der Waals surface area contributed by atoms with Crippen molar-refractivity contribution in [1.29, 1.82) is 0 Å². The normalized spacial score (nSPS) is 52.7. The van der Waals surface area contributed by atoms with Gasteiger partial charge in [0.2, 0.25) is 0 Å². The van der Waals surface area contributed by atoms with E-state index >= 15 is 0 Å². The second kappa shape index (κ2) is 30.5. The second-order valence-corrected chi connectivity index (χ2v) is 42.2. The number of nitrogens with zero attached hydrogens (tertiary/aromatic N) is 4. The van der Waals surface area contributed by atoms with E-state index in [0.29, 0.717) is 24.7 Å². The zero-order valence-electron chi connectivity index (χ0n) is 64.4. The highest BCUT2D eigenvalue weighted by atomic mass is 15.4. The second-order valence-electron chi connectivity index (χ2n) is 42.2. The van der Waals surface area contributed by atoms with Crippen LogP contribution in [-0.4, -0.2) is 117 Å². The molecule has 562 valence electrons. The summed E-state index contributed by atoms with van der Waals surface area (Å²) in [7, 11) is 0. The average Bonchev–Trinajstić information content (AvgIpc) is 0.698. The lowest BCUT2D eigenvalue weighted by Crippen LogP contribution is -2.74. The van der Waals surface area contributed by atoms with Gasteiger partial charge in [-0.3, -0.25) is 40.9 Å². The molecule has 20 aliphatic rings. The minimum absolute atomic E-state index is 0.593. The Morgan fingerprint density at radius 2 is 0.360 bits per heavy atom. The smallest absolute Gasteiger partial charge is 0.0604 e. The summed E-state index contributed by atoms with van der Waals surface area (Å²) >= 11 is 0. The van der Waals surface area contributed by atoms with E-state index in [1.165, 1.54) is 244 Å². The van der Waals surface area contributed by atoms with E-state index in [4.69, 9.17) is 21.3 Å². The molecule has 0 aromatic rings. The van der Waals surface area contributed by atoms with Crippen molar-refractivity contribution in [2.24, 2.45) is 107 Å². The topological polar surface area (TPSA) is 61.1 Å². The first kappa shape index (κ1) is 68.9. The fourth-order valence-electron chi connectivity index (χ4n) is 34.0. The van der Waals surface area contributed by atoms with Crippen LogP contribution >= 0.6 is 0 Å². The van der Waals surface area contributed by atoms with Crippen LogP contribution in [0.5, 0.6) is 0 Å². The molecule has 0 amide bonds. The molecule has 0 aromatic carbocycles. The number of rotatable bonds is 12. The Hall–Kier alpha value is -0.320. The molecule has 4 aliphatic heterocycles. The van der Waals surface area contributed by atoms with E-state index in [2.05, 4.69) is 19.6 Å². The molecule has 8 heteroatoms. The van der Waals surface area contributed by atoms with Crippen LogP contribution in [0.3, 0.4) is 0 Å². The van der Waals surface area contributed by atoms with Crippen molar-refractivity contribution in [2.75, 3.05) is 0 Å². The zero-order valence-corrected chi connectivity index (χ0v) is 64.4. The summed E-state index contributed by atoms with van der Waals surface area (Å²) in [6.07, 6.45) is 90.2. The third-order valence-corrected chi connectivity index (χ3v) is 38.2. The van der Waals surface area contributed by atoms with Gasteiger partial charge >= 0.3 is 0 Å². The van der Waals surface area contributed by atoms with E-state index < -0.39 is 0 Å². The monoisotopic (exact) mass is 1370 g/mol. The summed E-state index contributed by atoms with van der Waals surface area (Å²) < 4.78 is 0. The van der Waals surface area contributed by atoms with Gasteiger partial charge in [0.1, 0.15) is 0 Å². The number of hydrogen-bond donors (Lipinski definition) is 4. The van der Waals surface area contributed by atoms with Crippen molar-refractivity contribution < 1.29 is 0 Å². The molecule has 32 unspecified atom stereocenters. The number of fused-ring (bicyclic) bond motifs is 8. The standard InChI is InChI=1S/C92H154N8/c1-5-25-67-53-71(41-33-59(67)17-1)97(87-49-37-63-21-9-13-29-79(63)93-87)83-57-84(98(72-42-34-60-18-2-6-26-68(60)54-72)88-50-38-64-22-10-14-30-80(64)94-88)76-47-48-78-86(100(74-44-36-62-20-4-8-28-70(62)56-74)90-52-40-66-24-12-16-32-82(66)96-90)58-85(77-46-45-75(83)91(76)92(77)78)99(73-43-35-61-19-3-7-27-69(61)55-73)89-51-39-65-23-11-15-31-81(65)95-89/h59-96H,1-58H2. The molecule has 4 heterocycles. The van der Waals surface area contributed by atoms with Crippen molar-refractivity contribution >= 4 is 0 Å². The quantitative estimate of drug-likeness (QED) is 0.154. The number of piperidine rings is 4. The fraction of sp³-hybridized carbons (Fsp3) is 1.00. The molecule has 20 rings (SSSR count). The molecule has 16 aliphatic carbocycles. The molecule has 4 saturated heterocycles. The molecule has 8 nitrogen and oxygen atoms in total. The van der Waals surface area contributed by atoms with Gasteiger partial charge in [0, 0.05) is 72.5 Å². The van der Waals surface area contributed by atoms with Crippen LogP contribution in [0.2, 0.25) is 0 Å². The summed E-state index contributed by atoms with van der Waals surface area (Å²) in [5.74, 6) is 16.9. The van der Waals surface area contributed by atoms with Gasteiger partial charge in [-0.15, -0.1) is 0 Å². The van der Waals surface area contributed by atoms with Crippen LogP contribution in [0.1, 0.15) is 372 Å². The van der Waals surface area contributed by atoms with Crippen molar-refractivity contribution in [3.8, 4) is 0 Å². The van der Waals surface area contributed by atoms with Crippen molar-refractivity contribution in [1.82, 2.24) is 40.9 Å². The molecule has 0 spiro atoms. The Kier molecular flexibility index (Phi) is 21.0. The molecule has 4 N–H and O–H groups in total. The molecule has 32 atom stereocenters. The third kappa shape index (κ3) is 13.3. The first-order chi connectivity index (χ1) is 49.5. The predicted octanol–water partition coefficient (Wildman–Crippen LogP) is 20.3. The average molecular weight is 1370 g/mol. The fourth-order valence-corrected chi connectivity index (χ4v) is 34.0. The molecule has 0 bridgehead atoms. The van der Waals surface area contributed by atoms with Crippen LogP contribution < -0.4 is 21.3 Å². The van der Waals surface area contributed by atoms with Gasteiger partial charge in [-0.1, -0.05) is 154 Å². The van der Waals surface area contributed by atoms with E-state index in [0.717, 1.165) is 179 Å². The predicted molar refractivity (Wildman–Crippen MR) is 411 cm³/mol. The maximum Gasteiger partial charge on any atom is 0.0604 e. The van der Waals surface area contributed by atoms with Crippen LogP contribution in [0.4, 0.5) is 0 Å². The van der Waals surface area contributed by atoms with E-state index in [1.54, 1.807) is 128 Å². The van der Waals surface area contributed by atoms with Gasteiger partial charge in [0.25, 0.3) is 0 Å². The Bertz CT molecular complexity index is 2180. The minimum atomic E-state index is 0.593. The maximum atomic E-state index is 4.88. The van der Waals surface area contributed by atoms with Gasteiger partial charge in [0.05, 0.1) is 24.7 Å². The van der Waals surface area contributed by atoms with Crippen LogP contribution in [-0.2, 0) is 0 Å². The SMILES string of the molecule is C1CCC2CC(N(C3CCC4CCCCC4N3)C3CC(N(C4CCC5CCCCC5C4)C4CCC5CCCCC5N4)C4CCC5C6C(CCC3C46)C(N(C3CCC4CCCCC4C3)C3CCC4CCCCC4N3)CC5N(C3CCC4CCCCC4C3)C3CCC4CCCCC4N3)CCC2C1. The number of nitrogens with one attached hydrogen (secondary N) is 4. The molecule has 0 aromatic heterocycles. The summed E-state index contributed by atoms with van der Waals surface area (Å²) in [4.78, 5) is 14.6. The highest BCUT2D eigenvalue weighted by molar-refractivity contribution is 5.18. The lowest BCUT2D eigenvalue weighted by atomic mass is 9.44. The molecular weight excluding hydrogens is 1220 g/mol. The Labute approximate surface area is 613 Å². The van der Waals surface area contributed by atoms with Crippen molar-refractivity contribution in [2.45, 2.75) is 470 Å². The minimum Gasteiger partial charge on any atom is -0.299 e. The molecule has 16 saturated carbocycles. The van der Waals surface area contributed by atoms with E-state index in [9.17, 15) is 0 Å². The van der Waals surface area contributed by atoms with Crippen LogP contribution in [0, 0.1) is 107 Å². The van der Waals surface area contributed by atoms with E-state index in [1.807, 2.05) is 0 Å². The maximum absolute atomic E-state index is 4.88. The Balaban J connectivity index is 0.748. The Morgan fingerprint density at radius 3 is 0.600 bits per heavy atom. The lowest BCUT2D eigenvalue weighted by Gasteiger charge is -2.70. The highest BCUT2D eigenvalue weighted by Crippen LogP contribution is 2.66.